The Morgan fingerprint density at radius 3 is 2.30 bits per heavy atom. The van der Waals surface area contributed by atoms with Gasteiger partial charge in [0.25, 0.3) is 0 Å². The summed E-state index contributed by atoms with van der Waals surface area (Å²) in [5.74, 6) is -1.13. The second-order valence-electron chi connectivity index (χ2n) is 4.98. The van der Waals surface area contributed by atoms with Gasteiger partial charge in [0.05, 0.1) is 11.5 Å². The zero-order valence-electron chi connectivity index (χ0n) is 13.5. The fourth-order valence-corrected chi connectivity index (χ4v) is 3.01. The topological polar surface area (TPSA) is 102 Å². The van der Waals surface area contributed by atoms with Gasteiger partial charge in [-0.3, -0.25) is 9.59 Å². The maximum absolute atomic E-state index is 12.1. The molecule has 1 unspecified atom stereocenters. The van der Waals surface area contributed by atoms with Crippen molar-refractivity contribution in [2.45, 2.75) is 44.6 Å². The van der Waals surface area contributed by atoms with Gasteiger partial charge < -0.3 is 10.1 Å². The number of nitrogens with one attached hydrogen (secondary N) is 2. The fraction of sp³-hybridized carbons (Fsp3) is 0.467. The molecular formula is C15H22N2O5S. The van der Waals surface area contributed by atoms with Crippen molar-refractivity contribution in [1.29, 1.82) is 0 Å². The SMILES string of the molecule is CCOC(=O)CC(=O)Nc1ccc(S(=O)(=O)NC(C)CC)cc1. The summed E-state index contributed by atoms with van der Waals surface area (Å²) >= 11 is 0. The Kier molecular flexibility index (Phi) is 7.18. The van der Waals surface area contributed by atoms with E-state index in [0.29, 0.717) is 12.1 Å². The molecule has 8 heteroatoms. The zero-order chi connectivity index (χ0) is 17.5. The molecule has 128 valence electrons. The summed E-state index contributed by atoms with van der Waals surface area (Å²) in [6, 6.07) is 5.56. The summed E-state index contributed by atoms with van der Waals surface area (Å²) in [6.07, 6.45) is 0.296. The largest absolute Gasteiger partial charge is 0.466 e. The van der Waals surface area contributed by atoms with Gasteiger partial charge in [-0.25, -0.2) is 13.1 Å². The number of hydrogen-bond donors (Lipinski definition) is 2. The van der Waals surface area contributed by atoms with Crippen molar-refractivity contribution in [2.75, 3.05) is 11.9 Å². The smallest absolute Gasteiger partial charge is 0.315 e. The van der Waals surface area contributed by atoms with Gasteiger partial charge in [0.15, 0.2) is 0 Å². The lowest BCUT2D eigenvalue weighted by atomic mass is 10.3. The molecule has 1 rings (SSSR count). The maximum atomic E-state index is 12.1. The highest BCUT2D eigenvalue weighted by atomic mass is 32.2. The molecule has 0 aliphatic rings. The second-order valence-corrected chi connectivity index (χ2v) is 6.70. The van der Waals surface area contributed by atoms with Gasteiger partial charge in [0.2, 0.25) is 15.9 Å². The Bertz CT molecular complexity index is 640. The molecule has 0 aliphatic heterocycles. The van der Waals surface area contributed by atoms with E-state index in [1.807, 2.05) is 6.92 Å². The van der Waals surface area contributed by atoms with Crippen molar-refractivity contribution in [2.24, 2.45) is 0 Å². The lowest BCUT2D eigenvalue weighted by Crippen LogP contribution is -2.31. The van der Waals surface area contributed by atoms with Gasteiger partial charge in [-0.15, -0.1) is 0 Å². The van der Waals surface area contributed by atoms with Crippen molar-refractivity contribution in [3.63, 3.8) is 0 Å². The molecule has 0 saturated carbocycles. The average molecular weight is 342 g/mol. The number of amides is 1. The van der Waals surface area contributed by atoms with Gasteiger partial charge in [0, 0.05) is 11.7 Å². The Morgan fingerprint density at radius 2 is 1.78 bits per heavy atom. The number of sulfonamides is 1. The monoisotopic (exact) mass is 342 g/mol. The summed E-state index contributed by atoms with van der Waals surface area (Å²) < 4.78 is 31.4. The zero-order valence-corrected chi connectivity index (χ0v) is 14.3. The molecule has 23 heavy (non-hydrogen) atoms. The first-order chi connectivity index (χ1) is 10.8. The highest BCUT2D eigenvalue weighted by Gasteiger charge is 2.16. The van der Waals surface area contributed by atoms with Crippen molar-refractivity contribution in [1.82, 2.24) is 4.72 Å². The number of carbonyl (C=O) groups excluding carboxylic acids is 2. The normalized spacial score (nSPS) is 12.5. The first-order valence-electron chi connectivity index (χ1n) is 7.36. The summed E-state index contributed by atoms with van der Waals surface area (Å²) in [5.41, 5.74) is 0.404. The van der Waals surface area contributed by atoms with Crippen LogP contribution in [-0.2, 0) is 24.3 Å². The van der Waals surface area contributed by atoms with Crippen LogP contribution in [0.5, 0.6) is 0 Å². The third-order valence-corrected chi connectivity index (χ3v) is 4.63. The highest BCUT2D eigenvalue weighted by Crippen LogP contribution is 2.15. The summed E-state index contributed by atoms with van der Waals surface area (Å²) in [4.78, 5) is 22.9. The van der Waals surface area contributed by atoms with Crippen LogP contribution < -0.4 is 10.0 Å². The lowest BCUT2D eigenvalue weighted by molar-refractivity contribution is -0.145. The van der Waals surface area contributed by atoms with Crippen LogP contribution in [0.2, 0.25) is 0 Å². The summed E-state index contributed by atoms with van der Waals surface area (Å²) in [6.45, 7) is 5.53. The molecule has 2 N–H and O–H groups in total. The van der Waals surface area contributed by atoms with Gasteiger partial charge in [-0.05, 0) is 44.5 Å². The Labute approximate surface area is 136 Å². The van der Waals surface area contributed by atoms with Crippen LogP contribution in [0.4, 0.5) is 5.69 Å². The lowest BCUT2D eigenvalue weighted by Gasteiger charge is -2.12. The number of rotatable bonds is 8. The number of carbonyl (C=O) groups is 2. The van der Waals surface area contributed by atoms with Gasteiger partial charge in [-0.2, -0.15) is 0 Å². The molecule has 0 saturated heterocycles. The van der Waals surface area contributed by atoms with Crippen LogP contribution in [0.25, 0.3) is 0 Å². The second kappa shape index (κ2) is 8.64. The van der Waals surface area contributed by atoms with E-state index in [1.165, 1.54) is 24.3 Å². The van der Waals surface area contributed by atoms with Gasteiger partial charge in [0.1, 0.15) is 6.42 Å². The predicted molar refractivity (Wildman–Crippen MR) is 86.4 cm³/mol. The van der Waals surface area contributed by atoms with Crippen molar-refractivity contribution >= 4 is 27.6 Å². The van der Waals surface area contributed by atoms with Gasteiger partial charge in [-0.1, -0.05) is 6.92 Å². The fourth-order valence-electron chi connectivity index (χ4n) is 1.68. The molecule has 0 fully saturated rings. The molecule has 0 aliphatic carbocycles. The number of benzene rings is 1. The molecular weight excluding hydrogens is 320 g/mol. The minimum absolute atomic E-state index is 0.112. The van der Waals surface area contributed by atoms with E-state index in [0.717, 1.165) is 0 Å². The first kappa shape index (κ1) is 19.1. The third kappa shape index (κ3) is 6.37. The van der Waals surface area contributed by atoms with Crippen LogP contribution in [-0.4, -0.2) is 32.9 Å². The average Bonchev–Trinajstić information content (AvgIpc) is 2.47. The summed E-state index contributed by atoms with van der Waals surface area (Å²) in [5, 5.41) is 2.51. The predicted octanol–water partition coefficient (Wildman–Crippen LogP) is 1.66. The third-order valence-electron chi connectivity index (χ3n) is 3.03. The molecule has 0 spiro atoms. The molecule has 1 atom stereocenters. The highest BCUT2D eigenvalue weighted by molar-refractivity contribution is 7.89. The van der Waals surface area contributed by atoms with Crippen LogP contribution >= 0.6 is 0 Å². The van der Waals surface area contributed by atoms with Crippen LogP contribution in [0.1, 0.15) is 33.6 Å². The minimum Gasteiger partial charge on any atom is -0.466 e. The molecule has 7 nitrogen and oxygen atoms in total. The van der Waals surface area contributed by atoms with E-state index in [4.69, 9.17) is 0 Å². The molecule has 0 heterocycles. The first-order valence-corrected chi connectivity index (χ1v) is 8.84. The molecule has 0 aromatic heterocycles. The number of anilines is 1. The van der Waals surface area contributed by atoms with Crippen molar-refractivity contribution in [3.05, 3.63) is 24.3 Å². The van der Waals surface area contributed by atoms with Crippen LogP contribution in [0.3, 0.4) is 0 Å². The van der Waals surface area contributed by atoms with E-state index in [2.05, 4.69) is 14.8 Å². The molecule has 1 aromatic carbocycles. The number of hydrogen-bond acceptors (Lipinski definition) is 5. The molecule has 0 bridgehead atoms. The Hall–Kier alpha value is -1.93. The molecule has 1 amide bonds. The van der Waals surface area contributed by atoms with E-state index >= 15 is 0 Å². The van der Waals surface area contributed by atoms with Gasteiger partial charge >= 0.3 is 5.97 Å². The van der Waals surface area contributed by atoms with Crippen LogP contribution in [0.15, 0.2) is 29.2 Å². The number of esters is 1. The maximum Gasteiger partial charge on any atom is 0.315 e. The Morgan fingerprint density at radius 1 is 1.17 bits per heavy atom. The van der Waals surface area contributed by atoms with Crippen molar-refractivity contribution in [3.8, 4) is 0 Å². The molecule has 0 radical (unpaired) electrons. The Balaban J connectivity index is 2.70. The van der Waals surface area contributed by atoms with E-state index in [-0.39, 0.29) is 24.0 Å². The van der Waals surface area contributed by atoms with E-state index in [9.17, 15) is 18.0 Å². The minimum atomic E-state index is -3.58. The van der Waals surface area contributed by atoms with Crippen molar-refractivity contribution < 1.29 is 22.7 Å². The van der Waals surface area contributed by atoms with E-state index in [1.54, 1.807) is 13.8 Å². The van der Waals surface area contributed by atoms with E-state index < -0.39 is 21.9 Å². The van der Waals surface area contributed by atoms with Crippen LogP contribution in [0, 0.1) is 0 Å². The summed E-state index contributed by atoms with van der Waals surface area (Å²) in [7, 11) is -3.58. The standard InChI is InChI=1S/C15H22N2O5S/c1-4-11(3)17-23(20,21)13-8-6-12(7-9-13)16-14(18)10-15(19)22-5-2/h6-9,11,17H,4-5,10H2,1-3H3,(H,16,18). The quantitative estimate of drug-likeness (QED) is 0.552. The number of ether oxygens (including phenoxy) is 1. The molecule has 1 aromatic rings.